The molecule has 2 heteroatoms. The SMILES string of the molecule is CC(C)CCCCCNCCN(C)C(C)C. The van der Waals surface area contributed by atoms with Gasteiger partial charge in [0.15, 0.2) is 0 Å². The molecule has 0 radical (unpaired) electrons. The highest BCUT2D eigenvalue weighted by molar-refractivity contribution is 4.59. The Labute approximate surface area is 103 Å². The van der Waals surface area contributed by atoms with Crippen molar-refractivity contribution in [1.82, 2.24) is 10.2 Å². The molecule has 0 aliphatic carbocycles. The summed E-state index contributed by atoms with van der Waals surface area (Å²) in [6.45, 7) is 12.6. The summed E-state index contributed by atoms with van der Waals surface area (Å²) in [5.74, 6) is 0.868. The van der Waals surface area contributed by atoms with Gasteiger partial charge >= 0.3 is 0 Å². The number of hydrogen-bond acceptors (Lipinski definition) is 2. The monoisotopic (exact) mass is 228 g/mol. The highest BCUT2D eigenvalue weighted by atomic mass is 15.1. The minimum Gasteiger partial charge on any atom is -0.315 e. The predicted octanol–water partition coefficient (Wildman–Crippen LogP) is 3.13. The van der Waals surface area contributed by atoms with Gasteiger partial charge < -0.3 is 10.2 Å². The average Bonchev–Trinajstić information content (AvgIpc) is 2.21. The van der Waals surface area contributed by atoms with E-state index < -0.39 is 0 Å². The van der Waals surface area contributed by atoms with Crippen molar-refractivity contribution in [3.63, 3.8) is 0 Å². The first kappa shape index (κ1) is 15.9. The number of unbranched alkanes of at least 4 members (excludes halogenated alkanes) is 2. The van der Waals surface area contributed by atoms with Crippen molar-refractivity contribution in [3.05, 3.63) is 0 Å². The van der Waals surface area contributed by atoms with E-state index in [0.29, 0.717) is 6.04 Å². The molecule has 1 N–H and O–H groups in total. The molecule has 0 spiro atoms. The van der Waals surface area contributed by atoms with E-state index in [1.807, 2.05) is 0 Å². The molecule has 0 saturated carbocycles. The number of nitrogens with one attached hydrogen (secondary N) is 1. The lowest BCUT2D eigenvalue weighted by atomic mass is 10.1. The summed E-state index contributed by atoms with van der Waals surface area (Å²) >= 11 is 0. The molecule has 16 heavy (non-hydrogen) atoms. The lowest BCUT2D eigenvalue weighted by molar-refractivity contribution is 0.273. The standard InChI is InChI=1S/C14H32N2/c1-13(2)9-7-6-8-10-15-11-12-16(5)14(3)4/h13-15H,6-12H2,1-5H3. The maximum Gasteiger partial charge on any atom is 0.0106 e. The lowest BCUT2D eigenvalue weighted by Crippen LogP contribution is -2.34. The first-order chi connectivity index (χ1) is 7.54. The van der Waals surface area contributed by atoms with E-state index in [-0.39, 0.29) is 0 Å². The summed E-state index contributed by atoms with van der Waals surface area (Å²) in [4.78, 5) is 2.38. The zero-order chi connectivity index (χ0) is 12.4. The second-order valence-corrected chi connectivity index (χ2v) is 5.57. The van der Waals surface area contributed by atoms with E-state index in [1.165, 1.54) is 32.2 Å². The van der Waals surface area contributed by atoms with Crippen LogP contribution in [0, 0.1) is 5.92 Å². The van der Waals surface area contributed by atoms with Crippen molar-refractivity contribution >= 4 is 0 Å². The molecule has 0 atom stereocenters. The van der Waals surface area contributed by atoms with Crippen molar-refractivity contribution in [1.29, 1.82) is 0 Å². The fourth-order valence-corrected chi connectivity index (χ4v) is 1.62. The number of rotatable bonds is 10. The summed E-state index contributed by atoms with van der Waals surface area (Å²) in [6, 6.07) is 0.660. The Balaban J connectivity index is 3.10. The summed E-state index contributed by atoms with van der Waals surface area (Å²) in [7, 11) is 2.19. The fraction of sp³-hybridized carbons (Fsp3) is 1.00. The summed E-state index contributed by atoms with van der Waals surface area (Å²) in [6.07, 6.45) is 5.49. The molecule has 0 aromatic carbocycles. The maximum atomic E-state index is 3.52. The Hall–Kier alpha value is -0.0800. The number of likely N-dealkylation sites (N-methyl/N-ethyl adjacent to an activating group) is 1. The molecule has 0 rings (SSSR count). The largest absolute Gasteiger partial charge is 0.315 e. The van der Waals surface area contributed by atoms with E-state index in [9.17, 15) is 0 Å². The molecule has 0 aliphatic heterocycles. The van der Waals surface area contributed by atoms with Gasteiger partial charge in [0.05, 0.1) is 0 Å². The maximum absolute atomic E-state index is 3.52. The van der Waals surface area contributed by atoms with Gasteiger partial charge in [-0.1, -0.05) is 33.1 Å². The number of nitrogens with zero attached hydrogens (tertiary/aromatic N) is 1. The molecule has 0 aliphatic rings. The van der Waals surface area contributed by atoms with Crippen molar-refractivity contribution in [2.45, 2.75) is 59.4 Å². The van der Waals surface area contributed by atoms with Crippen molar-refractivity contribution in [2.75, 3.05) is 26.7 Å². The van der Waals surface area contributed by atoms with Crippen LogP contribution in [0.25, 0.3) is 0 Å². The number of hydrogen-bond donors (Lipinski definition) is 1. The zero-order valence-electron chi connectivity index (χ0n) is 12.1. The van der Waals surface area contributed by atoms with Crippen LogP contribution in [-0.4, -0.2) is 37.6 Å². The van der Waals surface area contributed by atoms with Gasteiger partial charge in [0.1, 0.15) is 0 Å². The topological polar surface area (TPSA) is 15.3 Å². The lowest BCUT2D eigenvalue weighted by Gasteiger charge is -2.20. The van der Waals surface area contributed by atoms with Crippen molar-refractivity contribution < 1.29 is 0 Å². The highest BCUT2D eigenvalue weighted by Gasteiger charge is 2.01. The second-order valence-electron chi connectivity index (χ2n) is 5.57. The van der Waals surface area contributed by atoms with Gasteiger partial charge in [0.2, 0.25) is 0 Å². The van der Waals surface area contributed by atoms with E-state index in [4.69, 9.17) is 0 Å². The minimum absolute atomic E-state index is 0.660. The molecule has 0 amide bonds. The molecule has 2 nitrogen and oxygen atoms in total. The molecule has 0 saturated heterocycles. The second kappa shape index (κ2) is 10.1. The Kier molecular flexibility index (Phi) is 10.0. The van der Waals surface area contributed by atoms with Crippen LogP contribution in [0.3, 0.4) is 0 Å². The van der Waals surface area contributed by atoms with Crippen LogP contribution in [0.15, 0.2) is 0 Å². The van der Waals surface area contributed by atoms with Crippen LogP contribution in [0.5, 0.6) is 0 Å². The van der Waals surface area contributed by atoms with E-state index in [1.54, 1.807) is 0 Å². The van der Waals surface area contributed by atoms with Gasteiger partial charge in [-0.3, -0.25) is 0 Å². The third-order valence-electron chi connectivity index (χ3n) is 3.16. The molecular formula is C14H32N2. The summed E-state index contributed by atoms with van der Waals surface area (Å²) in [5, 5.41) is 3.52. The third kappa shape index (κ3) is 10.4. The molecule has 0 aromatic rings. The van der Waals surface area contributed by atoms with Gasteiger partial charge in [-0.2, -0.15) is 0 Å². The van der Waals surface area contributed by atoms with Crippen LogP contribution < -0.4 is 5.32 Å². The van der Waals surface area contributed by atoms with Gasteiger partial charge in [0, 0.05) is 19.1 Å². The first-order valence-corrected chi connectivity index (χ1v) is 6.95. The van der Waals surface area contributed by atoms with Crippen LogP contribution in [0.4, 0.5) is 0 Å². The van der Waals surface area contributed by atoms with Crippen molar-refractivity contribution in [3.8, 4) is 0 Å². The van der Waals surface area contributed by atoms with Gasteiger partial charge in [-0.05, 0) is 39.8 Å². The molecule has 0 fully saturated rings. The molecular weight excluding hydrogens is 196 g/mol. The minimum atomic E-state index is 0.660. The Morgan fingerprint density at radius 1 is 0.938 bits per heavy atom. The third-order valence-corrected chi connectivity index (χ3v) is 3.16. The molecule has 0 unspecified atom stereocenters. The average molecular weight is 228 g/mol. The van der Waals surface area contributed by atoms with Crippen LogP contribution in [-0.2, 0) is 0 Å². The van der Waals surface area contributed by atoms with Gasteiger partial charge in [0.25, 0.3) is 0 Å². The highest BCUT2D eigenvalue weighted by Crippen LogP contribution is 2.07. The smallest absolute Gasteiger partial charge is 0.0106 e. The predicted molar refractivity (Wildman–Crippen MR) is 73.9 cm³/mol. The van der Waals surface area contributed by atoms with Crippen molar-refractivity contribution in [2.24, 2.45) is 5.92 Å². The molecule has 98 valence electrons. The quantitative estimate of drug-likeness (QED) is 0.578. The Morgan fingerprint density at radius 2 is 1.62 bits per heavy atom. The summed E-state index contributed by atoms with van der Waals surface area (Å²) < 4.78 is 0. The molecule has 0 heterocycles. The van der Waals surface area contributed by atoms with E-state index in [0.717, 1.165) is 19.0 Å². The van der Waals surface area contributed by atoms with Gasteiger partial charge in [-0.25, -0.2) is 0 Å². The normalized spacial score (nSPS) is 12.0. The van der Waals surface area contributed by atoms with Gasteiger partial charge in [-0.15, -0.1) is 0 Å². The van der Waals surface area contributed by atoms with E-state index in [2.05, 4.69) is 45.0 Å². The van der Waals surface area contributed by atoms with Crippen LogP contribution in [0.1, 0.15) is 53.4 Å². The molecule has 0 bridgehead atoms. The first-order valence-electron chi connectivity index (χ1n) is 6.95. The zero-order valence-corrected chi connectivity index (χ0v) is 12.1. The Morgan fingerprint density at radius 3 is 2.19 bits per heavy atom. The fourth-order valence-electron chi connectivity index (χ4n) is 1.62. The van der Waals surface area contributed by atoms with E-state index >= 15 is 0 Å². The molecule has 0 aromatic heterocycles. The van der Waals surface area contributed by atoms with Crippen LogP contribution in [0.2, 0.25) is 0 Å². The summed E-state index contributed by atoms with van der Waals surface area (Å²) in [5.41, 5.74) is 0. The van der Waals surface area contributed by atoms with Crippen LogP contribution >= 0.6 is 0 Å². The Bertz CT molecular complexity index is 144.